The van der Waals surface area contributed by atoms with Crippen molar-refractivity contribution in [3.63, 3.8) is 0 Å². The number of methoxy groups -OCH3 is 1. The number of ether oxygens (including phenoxy) is 2. The lowest BCUT2D eigenvalue weighted by molar-refractivity contribution is 0.330. The summed E-state index contributed by atoms with van der Waals surface area (Å²) in [5.74, 6) is 3.59. The first kappa shape index (κ1) is 22.5. The molecular formula is C25H32N4O2S. The number of nitrogens with zero attached hydrogens (tertiary/aromatic N) is 3. The normalized spacial score (nSPS) is 14.3. The van der Waals surface area contributed by atoms with E-state index in [2.05, 4.69) is 32.2 Å². The third-order valence-corrected chi connectivity index (χ3v) is 6.82. The Morgan fingerprint density at radius 2 is 1.91 bits per heavy atom. The maximum Gasteiger partial charge on any atom is 0.191 e. The Hall–Kier alpha value is -2.67. The van der Waals surface area contributed by atoms with Gasteiger partial charge in [0.25, 0.3) is 0 Å². The highest BCUT2D eigenvalue weighted by atomic mass is 32.2. The lowest BCUT2D eigenvalue weighted by Crippen LogP contribution is -2.18. The summed E-state index contributed by atoms with van der Waals surface area (Å²) in [4.78, 5) is 0. The molecule has 1 aliphatic carbocycles. The molecule has 32 heavy (non-hydrogen) atoms. The molecule has 1 aromatic heterocycles. The molecule has 0 amide bonds. The predicted molar refractivity (Wildman–Crippen MR) is 130 cm³/mol. The largest absolute Gasteiger partial charge is 0.497 e. The Labute approximate surface area is 194 Å². The molecule has 7 heteroatoms. The van der Waals surface area contributed by atoms with Crippen molar-refractivity contribution in [2.75, 3.05) is 19.0 Å². The average molecular weight is 453 g/mol. The Balaban J connectivity index is 1.52. The minimum atomic E-state index is 0.463. The quantitative estimate of drug-likeness (QED) is 0.375. The molecule has 0 saturated heterocycles. The van der Waals surface area contributed by atoms with E-state index in [0.29, 0.717) is 19.2 Å². The molecule has 1 aliphatic rings. The van der Waals surface area contributed by atoms with Crippen LogP contribution in [0.2, 0.25) is 0 Å². The van der Waals surface area contributed by atoms with Gasteiger partial charge >= 0.3 is 0 Å². The molecule has 0 bridgehead atoms. The molecule has 170 valence electrons. The van der Waals surface area contributed by atoms with Crippen LogP contribution in [0, 0.1) is 0 Å². The van der Waals surface area contributed by atoms with Gasteiger partial charge in [0.2, 0.25) is 0 Å². The summed E-state index contributed by atoms with van der Waals surface area (Å²) >= 11 is 1.74. The Morgan fingerprint density at radius 3 is 2.72 bits per heavy atom. The summed E-state index contributed by atoms with van der Waals surface area (Å²) in [6.45, 7) is 3.32. The molecule has 6 nitrogen and oxygen atoms in total. The third kappa shape index (κ3) is 5.57. The second kappa shape index (κ2) is 11.3. The summed E-state index contributed by atoms with van der Waals surface area (Å²) in [5, 5.41) is 13.7. The van der Waals surface area contributed by atoms with Crippen LogP contribution >= 0.6 is 11.8 Å². The van der Waals surface area contributed by atoms with Crippen LogP contribution in [0.25, 0.3) is 0 Å². The summed E-state index contributed by atoms with van der Waals surface area (Å²) in [6, 6.07) is 16.7. The predicted octanol–water partition coefficient (Wildman–Crippen LogP) is 6.10. The number of benzene rings is 2. The Morgan fingerprint density at radius 1 is 1.06 bits per heavy atom. The molecule has 0 spiro atoms. The average Bonchev–Trinajstić information content (AvgIpc) is 3.26. The van der Waals surface area contributed by atoms with Gasteiger partial charge in [-0.15, -0.1) is 10.2 Å². The summed E-state index contributed by atoms with van der Waals surface area (Å²) in [6.07, 6.45) is 6.23. The van der Waals surface area contributed by atoms with Crippen molar-refractivity contribution in [2.24, 2.45) is 0 Å². The topological polar surface area (TPSA) is 61.2 Å². The number of rotatable bonds is 10. The van der Waals surface area contributed by atoms with Gasteiger partial charge in [-0.1, -0.05) is 55.3 Å². The molecule has 1 fully saturated rings. The van der Waals surface area contributed by atoms with E-state index >= 15 is 0 Å². The number of thioether (sulfide) groups is 1. The monoisotopic (exact) mass is 452 g/mol. The Bertz CT molecular complexity index is 1000. The minimum Gasteiger partial charge on any atom is -0.497 e. The van der Waals surface area contributed by atoms with Crippen LogP contribution in [0.1, 0.15) is 56.5 Å². The van der Waals surface area contributed by atoms with Crippen molar-refractivity contribution >= 4 is 17.4 Å². The van der Waals surface area contributed by atoms with Gasteiger partial charge in [0.15, 0.2) is 11.0 Å². The van der Waals surface area contributed by atoms with E-state index in [1.54, 1.807) is 18.9 Å². The van der Waals surface area contributed by atoms with E-state index in [-0.39, 0.29) is 0 Å². The number of aromatic nitrogens is 3. The lowest BCUT2D eigenvalue weighted by Gasteiger charge is -2.25. The van der Waals surface area contributed by atoms with E-state index < -0.39 is 0 Å². The van der Waals surface area contributed by atoms with E-state index in [9.17, 15) is 0 Å². The molecule has 0 radical (unpaired) electrons. The van der Waals surface area contributed by atoms with Gasteiger partial charge in [0.05, 0.1) is 20.3 Å². The first-order valence-corrected chi connectivity index (χ1v) is 12.4. The van der Waals surface area contributed by atoms with Gasteiger partial charge in [-0.3, -0.25) is 0 Å². The molecule has 4 rings (SSSR count). The van der Waals surface area contributed by atoms with Gasteiger partial charge in [-0.05, 0) is 38.0 Å². The Kier molecular flexibility index (Phi) is 7.93. The molecule has 0 aliphatic heterocycles. The molecule has 1 N–H and O–H groups in total. The van der Waals surface area contributed by atoms with E-state index in [4.69, 9.17) is 9.47 Å². The zero-order chi connectivity index (χ0) is 22.2. The molecule has 0 unspecified atom stereocenters. The third-order valence-electron chi connectivity index (χ3n) is 5.82. The van der Waals surface area contributed by atoms with Gasteiger partial charge < -0.3 is 19.4 Å². The smallest absolute Gasteiger partial charge is 0.191 e. The summed E-state index contributed by atoms with van der Waals surface area (Å²) in [7, 11) is 1.69. The molecule has 1 heterocycles. The number of nitrogens with one attached hydrogen (secondary N) is 1. The van der Waals surface area contributed by atoms with Crippen LogP contribution in [0.5, 0.6) is 11.5 Å². The van der Waals surface area contributed by atoms with Crippen LogP contribution < -0.4 is 14.8 Å². The SMILES string of the molecule is CCOc1ccccc1CSc1nnc(CNc2cccc(OC)c2)n1C1CCCCC1. The van der Waals surface area contributed by atoms with Crippen molar-refractivity contribution < 1.29 is 9.47 Å². The second-order valence-corrected chi connectivity index (χ2v) is 8.92. The molecule has 1 saturated carbocycles. The van der Waals surface area contributed by atoms with Crippen molar-refractivity contribution in [1.82, 2.24) is 14.8 Å². The van der Waals surface area contributed by atoms with Crippen molar-refractivity contribution in [3.05, 3.63) is 59.9 Å². The standard InChI is InChI=1S/C25H32N4O2S/c1-3-31-23-15-8-7-10-19(23)18-32-25-28-27-24(29(25)21-12-5-4-6-13-21)17-26-20-11-9-14-22(16-20)30-2/h7-11,14-16,21,26H,3-6,12-13,17-18H2,1-2H3. The zero-order valence-electron chi connectivity index (χ0n) is 18.9. The van der Waals surface area contributed by atoms with Crippen LogP contribution in [0.3, 0.4) is 0 Å². The summed E-state index contributed by atoms with van der Waals surface area (Å²) in [5.41, 5.74) is 2.20. The fourth-order valence-electron chi connectivity index (χ4n) is 4.21. The van der Waals surface area contributed by atoms with Gasteiger partial charge in [-0.25, -0.2) is 0 Å². The van der Waals surface area contributed by atoms with Gasteiger partial charge in [0.1, 0.15) is 11.5 Å². The van der Waals surface area contributed by atoms with Gasteiger partial charge in [-0.2, -0.15) is 0 Å². The van der Waals surface area contributed by atoms with Crippen LogP contribution in [-0.2, 0) is 12.3 Å². The number of hydrogen-bond acceptors (Lipinski definition) is 6. The molecule has 0 atom stereocenters. The first-order chi connectivity index (χ1) is 15.8. The fourth-order valence-corrected chi connectivity index (χ4v) is 5.22. The van der Waals surface area contributed by atoms with E-state index in [1.807, 2.05) is 43.3 Å². The zero-order valence-corrected chi connectivity index (χ0v) is 19.7. The maximum atomic E-state index is 5.81. The van der Waals surface area contributed by atoms with Crippen LogP contribution in [0.4, 0.5) is 5.69 Å². The molecule has 2 aromatic carbocycles. The maximum absolute atomic E-state index is 5.81. The van der Waals surface area contributed by atoms with Crippen molar-refractivity contribution in [2.45, 2.75) is 62.5 Å². The van der Waals surface area contributed by atoms with Crippen molar-refractivity contribution in [1.29, 1.82) is 0 Å². The van der Waals surface area contributed by atoms with Crippen molar-refractivity contribution in [3.8, 4) is 11.5 Å². The summed E-state index contributed by atoms with van der Waals surface area (Å²) < 4.78 is 13.5. The van der Waals surface area contributed by atoms with Gasteiger partial charge in [0, 0.05) is 29.1 Å². The minimum absolute atomic E-state index is 0.463. The van der Waals surface area contributed by atoms with E-state index in [1.165, 1.54) is 37.7 Å². The highest BCUT2D eigenvalue weighted by molar-refractivity contribution is 7.98. The number of para-hydroxylation sites is 1. The highest BCUT2D eigenvalue weighted by Crippen LogP contribution is 2.35. The second-order valence-electron chi connectivity index (χ2n) is 7.98. The highest BCUT2D eigenvalue weighted by Gasteiger charge is 2.23. The van der Waals surface area contributed by atoms with Crippen LogP contribution in [-0.4, -0.2) is 28.5 Å². The molecule has 3 aromatic rings. The number of anilines is 1. The van der Waals surface area contributed by atoms with Crippen LogP contribution in [0.15, 0.2) is 53.7 Å². The molecular weight excluding hydrogens is 420 g/mol. The lowest BCUT2D eigenvalue weighted by atomic mass is 9.95. The van der Waals surface area contributed by atoms with E-state index in [0.717, 1.165) is 33.9 Å². The fraction of sp³-hybridized carbons (Fsp3) is 0.440. The number of hydrogen-bond donors (Lipinski definition) is 1. The first-order valence-electron chi connectivity index (χ1n) is 11.4.